The number of hydrogen-bond acceptors (Lipinski definition) is 2. The van der Waals surface area contributed by atoms with Crippen LogP contribution in [0.2, 0.25) is 0 Å². The Kier molecular flexibility index (Phi) is 3.79. The Morgan fingerprint density at radius 1 is 1.24 bits per heavy atom. The predicted octanol–water partition coefficient (Wildman–Crippen LogP) is 1.86. The number of benzene rings is 1. The van der Waals surface area contributed by atoms with E-state index in [-0.39, 0.29) is 18.1 Å². The van der Waals surface area contributed by atoms with Gasteiger partial charge < -0.3 is 9.64 Å². The highest BCUT2D eigenvalue weighted by atomic mass is 16.5. The molecule has 1 amide bonds. The maximum absolute atomic E-state index is 12.1. The second-order valence-electron chi connectivity index (χ2n) is 4.72. The Balaban J connectivity index is 1.96. The van der Waals surface area contributed by atoms with Gasteiger partial charge in [0.25, 0.3) is 0 Å². The van der Waals surface area contributed by atoms with Crippen molar-refractivity contribution in [3.05, 3.63) is 35.9 Å². The Morgan fingerprint density at radius 2 is 1.82 bits per heavy atom. The molecule has 3 heteroatoms. The highest BCUT2D eigenvalue weighted by molar-refractivity contribution is 5.78. The quantitative estimate of drug-likeness (QED) is 0.780. The van der Waals surface area contributed by atoms with Crippen molar-refractivity contribution < 1.29 is 9.53 Å². The van der Waals surface area contributed by atoms with E-state index in [0.29, 0.717) is 19.5 Å². The van der Waals surface area contributed by atoms with Crippen LogP contribution in [0.4, 0.5) is 0 Å². The van der Waals surface area contributed by atoms with Crippen LogP contribution in [0.1, 0.15) is 19.4 Å². The van der Waals surface area contributed by atoms with Crippen LogP contribution in [0.25, 0.3) is 0 Å². The molecule has 0 aromatic heterocycles. The van der Waals surface area contributed by atoms with Crippen molar-refractivity contribution in [2.45, 2.75) is 32.5 Å². The van der Waals surface area contributed by atoms with Gasteiger partial charge in [-0.1, -0.05) is 30.3 Å². The SMILES string of the molecule is CC1CN(C(=O)Cc2ccccc2)CC(C)O1. The second kappa shape index (κ2) is 5.32. The van der Waals surface area contributed by atoms with Crippen molar-refractivity contribution in [3.63, 3.8) is 0 Å². The third kappa shape index (κ3) is 3.30. The van der Waals surface area contributed by atoms with Crippen LogP contribution in [0.5, 0.6) is 0 Å². The Labute approximate surface area is 102 Å². The van der Waals surface area contributed by atoms with Crippen LogP contribution in [0, 0.1) is 0 Å². The van der Waals surface area contributed by atoms with E-state index in [1.54, 1.807) is 0 Å². The summed E-state index contributed by atoms with van der Waals surface area (Å²) in [5.41, 5.74) is 1.07. The van der Waals surface area contributed by atoms with Gasteiger partial charge in [-0.2, -0.15) is 0 Å². The van der Waals surface area contributed by atoms with Crippen molar-refractivity contribution in [1.29, 1.82) is 0 Å². The summed E-state index contributed by atoms with van der Waals surface area (Å²) in [5, 5.41) is 0. The first-order valence-electron chi connectivity index (χ1n) is 6.12. The van der Waals surface area contributed by atoms with E-state index in [2.05, 4.69) is 0 Å². The summed E-state index contributed by atoms with van der Waals surface area (Å²) in [7, 11) is 0. The first-order chi connectivity index (χ1) is 8.15. The van der Waals surface area contributed by atoms with Gasteiger partial charge >= 0.3 is 0 Å². The third-order valence-electron chi connectivity index (χ3n) is 2.97. The summed E-state index contributed by atoms with van der Waals surface area (Å²) >= 11 is 0. The molecular weight excluding hydrogens is 214 g/mol. The minimum Gasteiger partial charge on any atom is -0.372 e. The van der Waals surface area contributed by atoms with E-state index < -0.39 is 0 Å². The van der Waals surface area contributed by atoms with Crippen molar-refractivity contribution in [2.75, 3.05) is 13.1 Å². The molecule has 0 saturated carbocycles. The summed E-state index contributed by atoms with van der Waals surface area (Å²) < 4.78 is 5.62. The summed E-state index contributed by atoms with van der Waals surface area (Å²) in [6.07, 6.45) is 0.761. The first-order valence-corrected chi connectivity index (χ1v) is 6.12. The molecular formula is C14H19NO2. The third-order valence-corrected chi connectivity index (χ3v) is 2.97. The van der Waals surface area contributed by atoms with Gasteiger partial charge in [-0.15, -0.1) is 0 Å². The van der Waals surface area contributed by atoms with E-state index in [4.69, 9.17) is 4.74 Å². The molecule has 1 saturated heterocycles. The largest absolute Gasteiger partial charge is 0.372 e. The van der Waals surface area contributed by atoms with Gasteiger partial charge in [-0.25, -0.2) is 0 Å². The number of rotatable bonds is 2. The van der Waals surface area contributed by atoms with Gasteiger partial charge in [-0.3, -0.25) is 4.79 Å². The molecule has 1 aromatic carbocycles. The number of carbonyl (C=O) groups excluding carboxylic acids is 1. The lowest BCUT2D eigenvalue weighted by atomic mass is 10.1. The minimum atomic E-state index is 0.137. The zero-order chi connectivity index (χ0) is 12.3. The molecule has 1 aliphatic rings. The fourth-order valence-electron chi connectivity index (χ4n) is 2.26. The number of ether oxygens (including phenoxy) is 1. The van der Waals surface area contributed by atoms with E-state index in [9.17, 15) is 4.79 Å². The van der Waals surface area contributed by atoms with E-state index in [1.807, 2.05) is 49.1 Å². The molecule has 0 radical (unpaired) electrons. The Bertz CT molecular complexity index is 367. The average Bonchev–Trinajstić information content (AvgIpc) is 2.29. The Morgan fingerprint density at radius 3 is 2.41 bits per heavy atom. The second-order valence-corrected chi connectivity index (χ2v) is 4.72. The monoisotopic (exact) mass is 233 g/mol. The number of carbonyl (C=O) groups is 1. The summed E-state index contributed by atoms with van der Waals surface area (Å²) in [6, 6.07) is 9.88. The van der Waals surface area contributed by atoms with E-state index in [1.165, 1.54) is 0 Å². The lowest BCUT2D eigenvalue weighted by molar-refractivity contribution is -0.142. The zero-order valence-electron chi connectivity index (χ0n) is 10.4. The van der Waals surface area contributed by atoms with Gasteiger partial charge in [0.2, 0.25) is 5.91 Å². The molecule has 1 heterocycles. The van der Waals surface area contributed by atoms with E-state index in [0.717, 1.165) is 5.56 Å². The van der Waals surface area contributed by atoms with Gasteiger partial charge in [-0.05, 0) is 19.4 Å². The van der Waals surface area contributed by atoms with Crippen molar-refractivity contribution >= 4 is 5.91 Å². The van der Waals surface area contributed by atoms with Crippen LogP contribution in [-0.4, -0.2) is 36.1 Å². The van der Waals surface area contributed by atoms with Crippen LogP contribution in [-0.2, 0) is 16.0 Å². The van der Waals surface area contributed by atoms with Crippen LogP contribution in [0.3, 0.4) is 0 Å². The molecule has 0 spiro atoms. The molecule has 1 aliphatic heterocycles. The molecule has 92 valence electrons. The van der Waals surface area contributed by atoms with Crippen LogP contribution in [0.15, 0.2) is 30.3 Å². The number of hydrogen-bond donors (Lipinski definition) is 0. The normalized spacial score (nSPS) is 24.7. The smallest absolute Gasteiger partial charge is 0.227 e. The van der Waals surface area contributed by atoms with Crippen molar-refractivity contribution in [3.8, 4) is 0 Å². The molecule has 1 fully saturated rings. The summed E-state index contributed by atoms with van der Waals surface area (Å²) in [6.45, 7) is 5.43. The lowest BCUT2D eigenvalue weighted by Gasteiger charge is -2.35. The molecule has 17 heavy (non-hydrogen) atoms. The maximum atomic E-state index is 12.1. The standard InChI is InChI=1S/C14H19NO2/c1-11-9-15(10-12(2)17-11)14(16)8-13-6-4-3-5-7-13/h3-7,11-12H,8-10H2,1-2H3. The van der Waals surface area contributed by atoms with Gasteiger partial charge in [0.05, 0.1) is 18.6 Å². The molecule has 0 bridgehead atoms. The lowest BCUT2D eigenvalue weighted by Crippen LogP contribution is -2.48. The topological polar surface area (TPSA) is 29.5 Å². The minimum absolute atomic E-state index is 0.137. The number of nitrogens with zero attached hydrogens (tertiary/aromatic N) is 1. The average molecular weight is 233 g/mol. The number of morpholine rings is 1. The molecule has 0 aliphatic carbocycles. The summed E-state index contributed by atoms with van der Waals surface area (Å²) in [4.78, 5) is 14.0. The molecule has 3 nitrogen and oxygen atoms in total. The molecule has 2 rings (SSSR count). The van der Waals surface area contributed by atoms with Gasteiger partial charge in [0, 0.05) is 13.1 Å². The van der Waals surface area contributed by atoms with E-state index >= 15 is 0 Å². The first kappa shape index (κ1) is 12.1. The van der Waals surface area contributed by atoms with Crippen molar-refractivity contribution in [1.82, 2.24) is 4.90 Å². The predicted molar refractivity (Wildman–Crippen MR) is 66.7 cm³/mol. The fraction of sp³-hybridized carbons (Fsp3) is 0.500. The van der Waals surface area contributed by atoms with Gasteiger partial charge in [0.1, 0.15) is 0 Å². The number of amides is 1. The molecule has 2 atom stereocenters. The Hall–Kier alpha value is -1.35. The van der Waals surface area contributed by atoms with Crippen LogP contribution < -0.4 is 0 Å². The zero-order valence-corrected chi connectivity index (χ0v) is 10.4. The van der Waals surface area contributed by atoms with Crippen molar-refractivity contribution in [2.24, 2.45) is 0 Å². The molecule has 1 aromatic rings. The molecule has 0 N–H and O–H groups in total. The molecule has 2 unspecified atom stereocenters. The van der Waals surface area contributed by atoms with Gasteiger partial charge in [0.15, 0.2) is 0 Å². The highest BCUT2D eigenvalue weighted by Gasteiger charge is 2.25. The fourth-order valence-corrected chi connectivity index (χ4v) is 2.26. The summed E-state index contributed by atoms with van der Waals surface area (Å²) in [5.74, 6) is 0.193. The highest BCUT2D eigenvalue weighted by Crippen LogP contribution is 2.12. The van der Waals surface area contributed by atoms with Crippen LogP contribution >= 0.6 is 0 Å². The maximum Gasteiger partial charge on any atom is 0.227 e.